The fourth-order valence-electron chi connectivity index (χ4n) is 3.61. The molecule has 0 fully saturated rings. The maximum absolute atomic E-state index is 13.7. The van der Waals surface area contributed by atoms with Gasteiger partial charge in [-0.3, -0.25) is 9.59 Å². The first-order chi connectivity index (χ1) is 16.3. The van der Waals surface area contributed by atoms with Crippen LogP contribution in [0, 0.1) is 13.8 Å². The average Bonchev–Trinajstić information content (AvgIpc) is 3.24. The predicted octanol–water partition coefficient (Wildman–Crippen LogP) is 3.92. The Labute approximate surface area is 210 Å². The highest BCUT2D eigenvalue weighted by Gasteiger charge is 2.32. The van der Waals surface area contributed by atoms with E-state index in [9.17, 15) is 19.5 Å². The summed E-state index contributed by atoms with van der Waals surface area (Å²) in [6.45, 7) is 10.5. The number of nitrogens with zero attached hydrogens (tertiary/aromatic N) is 1. The summed E-state index contributed by atoms with van der Waals surface area (Å²) < 4.78 is 5.39. The fraction of sp³-hybridized carbons (Fsp3) is 0.423. The highest BCUT2D eigenvalue weighted by Crippen LogP contribution is 2.23. The maximum atomic E-state index is 13.7. The molecule has 0 bridgehead atoms. The van der Waals surface area contributed by atoms with E-state index in [1.807, 2.05) is 36.7 Å². The third kappa shape index (κ3) is 8.43. The first-order valence-corrected chi connectivity index (χ1v) is 12.3. The summed E-state index contributed by atoms with van der Waals surface area (Å²) in [4.78, 5) is 39.8. The van der Waals surface area contributed by atoms with Crippen molar-refractivity contribution in [1.29, 1.82) is 0 Å². The van der Waals surface area contributed by atoms with Crippen molar-refractivity contribution in [3.05, 3.63) is 57.3 Å². The van der Waals surface area contributed by atoms with Crippen LogP contribution in [0.2, 0.25) is 0 Å². The fourth-order valence-corrected chi connectivity index (χ4v) is 4.24. The van der Waals surface area contributed by atoms with Crippen molar-refractivity contribution >= 4 is 35.3 Å². The van der Waals surface area contributed by atoms with Crippen LogP contribution in [0.15, 0.2) is 35.0 Å². The maximum Gasteiger partial charge on any atom is 0.408 e. The van der Waals surface area contributed by atoms with Gasteiger partial charge in [-0.05, 0) is 92.8 Å². The summed E-state index contributed by atoms with van der Waals surface area (Å²) in [5.74, 6) is -1.01. The lowest BCUT2D eigenvalue weighted by Gasteiger charge is -2.31. The van der Waals surface area contributed by atoms with Crippen LogP contribution in [-0.2, 0) is 20.7 Å². The first-order valence-electron chi connectivity index (χ1n) is 11.4. The van der Waals surface area contributed by atoms with Gasteiger partial charge in [0.25, 0.3) is 0 Å². The van der Waals surface area contributed by atoms with Gasteiger partial charge >= 0.3 is 6.09 Å². The molecule has 0 saturated heterocycles. The molecule has 1 aromatic carbocycles. The Kier molecular flexibility index (Phi) is 9.47. The van der Waals surface area contributed by atoms with Crippen LogP contribution < -0.4 is 11.1 Å². The second-order valence-corrected chi connectivity index (χ2v) is 10.3. The number of aryl methyl sites for hydroxylation is 2. The Hall–Kier alpha value is -3.33. The largest absolute Gasteiger partial charge is 0.508 e. The van der Waals surface area contributed by atoms with Gasteiger partial charge in [0, 0.05) is 13.0 Å². The van der Waals surface area contributed by atoms with Gasteiger partial charge in [0.15, 0.2) is 0 Å². The minimum Gasteiger partial charge on any atom is -0.508 e. The van der Waals surface area contributed by atoms with Crippen molar-refractivity contribution in [2.45, 2.75) is 65.6 Å². The lowest BCUT2D eigenvalue weighted by atomic mass is 9.95. The molecular weight excluding hydrogens is 466 g/mol. The van der Waals surface area contributed by atoms with E-state index in [1.165, 1.54) is 4.90 Å². The topological polar surface area (TPSA) is 122 Å². The third-order valence-electron chi connectivity index (χ3n) is 5.40. The number of rotatable bonds is 9. The molecule has 35 heavy (non-hydrogen) atoms. The molecule has 0 spiro atoms. The van der Waals surface area contributed by atoms with Gasteiger partial charge in [-0.25, -0.2) is 4.79 Å². The molecule has 1 aromatic heterocycles. The number of hydrogen-bond donors (Lipinski definition) is 3. The smallest absolute Gasteiger partial charge is 0.408 e. The quantitative estimate of drug-likeness (QED) is 0.481. The lowest BCUT2D eigenvalue weighted by Crippen LogP contribution is -2.55. The number of alkyl carbamates (subject to hydrolysis) is 1. The van der Waals surface area contributed by atoms with E-state index in [-0.39, 0.29) is 18.7 Å². The molecule has 2 aromatic rings. The molecule has 1 heterocycles. The number of amides is 3. The average molecular weight is 502 g/mol. The number of nitrogens with two attached hydrogens (primary N) is 1. The molecule has 2 atom stereocenters. The van der Waals surface area contributed by atoms with Crippen LogP contribution in [0.25, 0.3) is 6.08 Å². The molecule has 0 aliphatic carbocycles. The van der Waals surface area contributed by atoms with Crippen molar-refractivity contribution in [3.8, 4) is 5.75 Å². The van der Waals surface area contributed by atoms with Crippen LogP contribution in [0.4, 0.5) is 4.79 Å². The van der Waals surface area contributed by atoms with Gasteiger partial charge in [-0.15, -0.1) is 0 Å². The highest BCUT2D eigenvalue weighted by atomic mass is 32.1. The van der Waals surface area contributed by atoms with Crippen molar-refractivity contribution in [3.63, 3.8) is 0 Å². The zero-order valence-electron chi connectivity index (χ0n) is 21.1. The number of carbonyl (C=O) groups is 3. The number of thiophene rings is 1. The van der Waals surface area contributed by atoms with Crippen molar-refractivity contribution < 1.29 is 24.2 Å². The molecule has 3 amide bonds. The number of primary amides is 1. The Balaban J connectivity index is 2.39. The zero-order valence-corrected chi connectivity index (χ0v) is 21.9. The number of nitrogens with one attached hydrogen (secondary N) is 1. The molecule has 0 aliphatic heterocycles. The van der Waals surface area contributed by atoms with Crippen LogP contribution in [-0.4, -0.2) is 52.1 Å². The monoisotopic (exact) mass is 501 g/mol. The minimum atomic E-state index is -1.02. The van der Waals surface area contributed by atoms with E-state index in [0.29, 0.717) is 0 Å². The van der Waals surface area contributed by atoms with E-state index < -0.39 is 35.6 Å². The summed E-state index contributed by atoms with van der Waals surface area (Å²) in [6.07, 6.45) is 3.04. The zero-order chi connectivity index (χ0) is 26.3. The predicted molar refractivity (Wildman–Crippen MR) is 138 cm³/mol. The minimum absolute atomic E-state index is 0.120. The molecule has 0 saturated carbocycles. The Morgan fingerprint density at radius 3 is 2.37 bits per heavy atom. The van der Waals surface area contributed by atoms with Gasteiger partial charge in [0.05, 0.1) is 0 Å². The highest BCUT2D eigenvalue weighted by molar-refractivity contribution is 7.08. The number of phenolic OH excluding ortho intramolecular Hbond substituents is 1. The summed E-state index contributed by atoms with van der Waals surface area (Å²) in [7, 11) is 0. The van der Waals surface area contributed by atoms with E-state index in [4.69, 9.17) is 10.5 Å². The molecule has 1 unspecified atom stereocenters. The number of aromatic hydroxyl groups is 1. The Morgan fingerprint density at radius 1 is 1.23 bits per heavy atom. The van der Waals surface area contributed by atoms with E-state index in [2.05, 4.69) is 5.32 Å². The van der Waals surface area contributed by atoms with Gasteiger partial charge in [-0.2, -0.15) is 11.3 Å². The van der Waals surface area contributed by atoms with Crippen LogP contribution in [0.3, 0.4) is 0 Å². The molecule has 8 nitrogen and oxygen atoms in total. The first kappa shape index (κ1) is 27.9. The number of phenols is 1. The number of carbonyl (C=O) groups excluding carboxylic acids is 3. The summed E-state index contributed by atoms with van der Waals surface area (Å²) in [5, 5.41) is 16.5. The lowest BCUT2D eigenvalue weighted by molar-refractivity contribution is -0.139. The normalized spacial score (nSPS) is 13.3. The van der Waals surface area contributed by atoms with Gasteiger partial charge in [0.2, 0.25) is 11.8 Å². The van der Waals surface area contributed by atoms with Crippen molar-refractivity contribution in [2.24, 2.45) is 5.73 Å². The molecule has 9 heteroatoms. The van der Waals surface area contributed by atoms with Crippen molar-refractivity contribution in [2.75, 3.05) is 6.54 Å². The SMILES string of the molecule is Cc1cc(O)cc(C)c1CC(NC(=O)OC(C)(C)C)C(=O)N(CC=Cc1ccsc1)[C@H](C)C(N)=O. The van der Waals surface area contributed by atoms with Gasteiger partial charge in [0.1, 0.15) is 23.4 Å². The van der Waals surface area contributed by atoms with E-state index in [0.717, 1.165) is 22.3 Å². The van der Waals surface area contributed by atoms with Gasteiger partial charge < -0.3 is 25.8 Å². The molecule has 4 N–H and O–H groups in total. The number of benzene rings is 1. The van der Waals surface area contributed by atoms with Crippen LogP contribution >= 0.6 is 11.3 Å². The van der Waals surface area contributed by atoms with Gasteiger partial charge in [-0.1, -0.05) is 12.2 Å². The van der Waals surface area contributed by atoms with Crippen LogP contribution in [0.5, 0.6) is 5.75 Å². The Bertz CT molecular complexity index is 1050. The summed E-state index contributed by atoms with van der Waals surface area (Å²) in [6, 6.07) is 3.21. The van der Waals surface area contributed by atoms with E-state index in [1.54, 1.807) is 57.2 Å². The van der Waals surface area contributed by atoms with Crippen molar-refractivity contribution in [1.82, 2.24) is 10.2 Å². The second-order valence-electron chi connectivity index (χ2n) is 9.49. The summed E-state index contributed by atoms with van der Waals surface area (Å²) in [5.41, 5.74) is 8.12. The second kappa shape index (κ2) is 11.9. The Morgan fingerprint density at radius 2 is 1.86 bits per heavy atom. The van der Waals surface area contributed by atoms with E-state index >= 15 is 0 Å². The third-order valence-corrected chi connectivity index (χ3v) is 6.10. The number of ether oxygens (including phenoxy) is 1. The standard InChI is InChI=1S/C26H35N3O5S/c1-16-12-20(30)13-17(2)21(16)14-22(28-25(33)34-26(4,5)6)24(32)29(18(3)23(27)31)10-7-8-19-9-11-35-15-19/h7-9,11-13,15,18,22,30H,10,14H2,1-6H3,(H2,27,31)(H,28,33)/t18-,22?/m1/s1. The molecule has 0 aliphatic rings. The van der Waals surface area contributed by atoms with Crippen LogP contribution in [0.1, 0.15) is 49.9 Å². The molecular formula is C26H35N3O5S. The number of hydrogen-bond acceptors (Lipinski definition) is 6. The summed E-state index contributed by atoms with van der Waals surface area (Å²) >= 11 is 1.55. The molecule has 2 rings (SSSR count). The molecule has 0 radical (unpaired) electrons. The molecule has 190 valence electrons.